The third-order valence-corrected chi connectivity index (χ3v) is 2.83. The maximum atomic E-state index is 11.8. The molecule has 110 valence electrons. The van der Waals surface area contributed by atoms with E-state index in [2.05, 4.69) is 10.5 Å². The lowest BCUT2D eigenvalue weighted by Crippen LogP contribution is -2.42. The highest BCUT2D eigenvalue weighted by Crippen LogP contribution is 2.12. The van der Waals surface area contributed by atoms with Crippen molar-refractivity contribution in [2.75, 3.05) is 0 Å². The summed E-state index contributed by atoms with van der Waals surface area (Å²) in [6, 6.07) is -1.14. The Labute approximate surface area is 115 Å². The van der Waals surface area contributed by atoms with Gasteiger partial charge in [0.15, 0.2) is 0 Å². The zero-order valence-electron chi connectivity index (χ0n) is 11.3. The largest absolute Gasteiger partial charge is 0.480 e. The Bertz CT molecular complexity index is 504. The summed E-state index contributed by atoms with van der Waals surface area (Å²) in [5, 5.41) is 15.0. The molecule has 1 aromatic rings. The van der Waals surface area contributed by atoms with Crippen LogP contribution in [-0.2, 0) is 20.8 Å². The van der Waals surface area contributed by atoms with Crippen molar-refractivity contribution < 1.29 is 24.0 Å². The highest BCUT2D eigenvalue weighted by molar-refractivity contribution is 5.85. The molecule has 20 heavy (non-hydrogen) atoms. The predicted octanol–water partition coefficient (Wildman–Crippen LogP) is -0.331. The number of rotatable bonds is 7. The number of carbonyl (C=O) groups excluding carboxylic acids is 2. The fourth-order valence-corrected chi connectivity index (χ4v) is 1.70. The summed E-state index contributed by atoms with van der Waals surface area (Å²) in [6.45, 7) is 3.37. The number of aliphatic carboxylic acids is 1. The molecule has 8 heteroatoms. The predicted molar refractivity (Wildman–Crippen MR) is 67.7 cm³/mol. The van der Waals surface area contributed by atoms with E-state index >= 15 is 0 Å². The molecule has 8 nitrogen and oxygen atoms in total. The van der Waals surface area contributed by atoms with E-state index in [9.17, 15) is 14.4 Å². The topological polar surface area (TPSA) is 136 Å². The van der Waals surface area contributed by atoms with Crippen LogP contribution in [0.3, 0.4) is 0 Å². The minimum absolute atomic E-state index is 0.0263. The molecule has 0 aliphatic carbocycles. The Kier molecular flexibility index (Phi) is 5.24. The Morgan fingerprint density at radius 3 is 2.50 bits per heavy atom. The SMILES string of the molecule is Cc1noc(C)c1CC(=O)NC(CCC(N)=O)C(=O)O. The van der Waals surface area contributed by atoms with Crippen LogP contribution in [0.5, 0.6) is 0 Å². The Morgan fingerprint density at radius 1 is 1.40 bits per heavy atom. The first-order valence-corrected chi connectivity index (χ1v) is 6.03. The van der Waals surface area contributed by atoms with Crippen molar-refractivity contribution in [2.24, 2.45) is 5.73 Å². The Morgan fingerprint density at radius 2 is 2.05 bits per heavy atom. The number of aromatic nitrogens is 1. The van der Waals surface area contributed by atoms with Crippen LogP contribution >= 0.6 is 0 Å². The molecule has 1 heterocycles. The second-order valence-corrected chi connectivity index (χ2v) is 4.44. The molecule has 2 amide bonds. The number of carboxylic acid groups (broad SMARTS) is 1. The lowest BCUT2D eigenvalue weighted by molar-refractivity contribution is -0.142. The number of hydrogen-bond acceptors (Lipinski definition) is 5. The number of carboxylic acids is 1. The van der Waals surface area contributed by atoms with Crippen LogP contribution in [-0.4, -0.2) is 34.1 Å². The lowest BCUT2D eigenvalue weighted by Gasteiger charge is -2.13. The quantitative estimate of drug-likeness (QED) is 0.626. The zero-order valence-corrected chi connectivity index (χ0v) is 11.3. The molecule has 0 spiro atoms. The van der Waals surface area contributed by atoms with E-state index in [4.69, 9.17) is 15.4 Å². The zero-order chi connectivity index (χ0) is 15.3. The minimum atomic E-state index is -1.21. The van der Waals surface area contributed by atoms with Crippen LogP contribution < -0.4 is 11.1 Å². The van der Waals surface area contributed by atoms with Crippen molar-refractivity contribution in [3.63, 3.8) is 0 Å². The van der Waals surface area contributed by atoms with Crippen molar-refractivity contribution in [2.45, 2.75) is 39.2 Å². The first-order chi connectivity index (χ1) is 9.31. The van der Waals surface area contributed by atoms with Gasteiger partial charge in [0.05, 0.1) is 12.1 Å². The van der Waals surface area contributed by atoms with Gasteiger partial charge >= 0.3 is 5.97 Å². The van der Waals surface area contributed by atoms with Gasteiger partial charge < -0.3 is 20.7 Å². The molecule has 0 aliphatic rings. The van der Waals surface area contributed by atoms with Gasteiger partial charge in [-0.1, -0.05) is 5.16 Å². The van der Waals surface area contributed by atoms with Gasteiger partial charge in [-0.15, -0.1) is 0 Å². The normalized spacial score (nSPS) is 11.9. The van der Waals surface area contributed by atoms with Gasteiger partial charge in [-0.3, -0.25) is 9.59 Å². The number of carbonyl (C=O) groups is 3. The van der Waals surface area contributed by atoms with Gasteiger partial charge in [0.25, 0.3) is 0 Å². The fourth-order valence-electron chi connectivity index (χ4n) is 1.70. The van der Waals surface area contributed by atoms with Crippen LogP contribution in [0.1, 0.15) is 29.9 Å². The van der Waals surface area contributed by atoms with Crippen LogP contribution in [0.15, 0.2) is 4.52 Å². The van der Waals surface area contributed by atoms with E-state index in [1.807, 2.05) is 0 Å². The summed E-state index contributed by atoms with van der Waals surface area (Å²) < 4.78 is 4.92. The standard InChI is InChI=1S/C12H17N3O5/c1-6-8(7(2)20-15-6)5-11(17)14-9(12(18)19)3-4-10(13)16/h9H,3-5H2,1-2H3,(H2,13,16)(H,14,17)(H,18,19). The number of primary amides is 1. The summed E-state index contributed by atoms with van der Waals surface area (Å²) in [5.41, 5.74) is 6.17. The Balaban J connectivity index is 2.62. The third kappa shape index (κ3) is 4.38. The highest BCUT2D eigenvalue weighted by Gasteiger charge is 2.22. The van der Waals surface area contributed by atoms with Gasteiger partial charge in [-0.2, -0.15) is 0 Å². The smallest absolute Gasteiger partial charge is 0.326 e. The molecule has 0 bridgehead atoms. The minimum Gasteiger partial charge on any atom is -0.480 e. The highest BCUT2D eigenvalue weighted by atomic mass is 16.5. The molecular weight excluding hydrogens is 266 g/mol. The first kappa shape index (κ1) is 15.7. The molecule has 0 aromatic carbocycles. The van der Waals surface area contributed by atoms with Gasteiger partial charge in [-0.25, -0.2) is 4.79 Å². The molecule has 4 N–H and O–H groups in total. The number of nitrogens with two attached hydrogens (primary N) is 1. The van der Waals surface area contributed by atoms with E-state index in [0.717, 1.165) is 0 Å². The van der Waals surface area contributed by atoms with E-state index in [1.165, 1.54) is 0 Å². The van der Waals surface area contributed by atoms with Crippen LogP contribution in [0.25, 0.3) is 0 Å². The Hall–Kier alpha value is -2.38. The van der Waals surface area contributed by atoms with E-state index in [1.54, 1.807) is 13.8 Å². The third-order valence-electron chi connectivity index (χ3n) is 2.83. The molecule has 0 fully saturated rings. The summed E-state index contributed by atoms with van der Waals surface area (Å²) in [4.78, 5) is 33.5. The van der Waals surface area contributed by atoms with Crippen molar-refractivity contribution >= 4 is 17.8 Å². The van der Waals surface area contributed by atoms with Gasteiger partial charge in [0.1, 0.15) is 11.8 Å². The average Bonchev–Trinajstić information content (AvgIpc) is 2.65. The summed E-state index contributed by atoms with van der Waals surface area (Å²) in [7, 11) is 0. The maximum Gasteiger partial charge on any atom is 0.326 e. The molecule has 0 saturated carbocycles. The molecule has 1 atom stereocenters. The molecule has 0 radical (unpaired) electrons. The van der Waals surface area contributed by atoms with Crippen molar-refractivity contribution in [1.29, 1.82) is 0 Å². The van der Waals surface area contributed by atoms with Crippen LogP contribution in [0.4, 0.5) is 0 Å². The molecule has 0 aliphatic heterocycles. The van der Waals surface area contributed by atoms with Gasteiger partial charge in [0.2, 0.25) is 11.8 Å². The molecule has 1 aromatic heterocycles. The second kappa shape index (κ2) is 6.69. The van der Waals surface area contributed by atoms with Gasteiger partial charge in [-0.05, 0) is 20.3 Å². The van der Waals surface area contributed by atoms with Crippen molar-refractivity contribution in [3.05, 3.63) is 17.0 Å². The van der Waals surface area contributed by atoms with Crippen molar-refractivity contribution in [3.8, 4) is 0 Å². The second-order valence-electron chi connectivity index (χ2n) is 4.44. The number of nitrogens with zero attached hydrogens (tertiary/aromatic N) is 1. The van der Waals surface area contributed by atoms with Crippen LogP contribution in [0, 0.1) is 13.8 Å². The monoisotopic (exact) mass is 283 g/mol. The molecule has 0 saturated heterocycles. The average molecular weight is 283 g/mol. The molecule has 1 rings (SSSR count). The number of aryl methyl sites for hydroxylation is 2. The summed E-state index contributed by atoms with van der Waals surface area (Å²) in [5.74, 6) is -1.78. The molecule has 1 unspecified atom stereocenters. The summed E-state index contributed by atoms with van der Waals surface area (Å²) >= 11 is 0. The van der Waals surface area contributed by atoms with Gasteiger partial charge in [0, 0.05) is 12.0 Å². The lowest BCUT2D eigenvalue weighted by atomic mass is 10.1. The number of hydrogen-bond donors (Lipinski definition) is 3. The van der Waals surface area contributed by atoms with E-state index < -0.39 is 23.8 Å². The van der Waals surface area contributed by atoms with Crippen molar-refractivity contribution in [1.82, 2.24) is 10.5 Å². The fraction of sp³-hybridized carbons (Fsp3) is 0.500. The first-order valence-electron chi connectivity index (χ1n) is 6.03. The summed E-state index contributed by atoms with van der Waals surface area (Å²) in [6.07, 6.45) is -0.178. The molecular formula is C12H17N3O5. The van der Waals surface area contributed by atoms with Crippen LogP contribution in [0.2, 0.25) is 0 Å². The maximum absolute atomic E-state index is 11.8. The van der Waals surface area contributed by atoms with E-state index in [-0.39, 0.29) is 19.3 Å². The number of nitrogens with one attached hydrogen (secondary N) is 1. The van der Waals surface area contributed by atoms with E-state index in [0.29, 0.717) is 17.0 Å². The number of amides is 2.